The Morgan fingerprint density at radius 3 is 1.57 bits per heavy atom. The first-order valence-corrected chi connectivity index (χ1v) is 3.71. The van der Waals surface area contributed by atoms with Crippen molar-refractivity contribution < 1.29 is 45.8 Å². The Morgan fingerprint density at radius 2 is 1.50 bits per heavy atom. The van der Waals surface area contributed by atoms with Gasteiger partial charge in [-0.05, 0) is 0 Å². The zero-order valence-corrected chi connectivity index (χ0v) is 7.92. The summed E-state index contributed by atoms with van der Waals surface area (Å²) in [6.07, 6.45) is 3.46. The predicted molar refractivity (Wildman–Crippen MR) is 43.1 cm³/mol. The molecule has 0 unspecified atom stereocenters. The van der Waals surface area contributed by atoms with Crippen LogP contribution >= 0.6 is 0 Å². The molecule has 0 bridgehead atoms. The van der Waals surface area contributed by atoms with Crippen molar-refractivity contribution in [2.45, 2.75) is 6.42 Å². The molecule has 1 rings (SSSR count). The van der Waals surface area contributed by atoms with Crippen LogP contribution in [0.3, 0.4) is 0 Å². The van der Waals surface area contributed by atoms with E-state index in [-0.39, 0.29) is 0 Å². The first-order chi connectivity index (χ1) is 6.36. The van der Waals surface area contributed by atoms with Crippen molar-refractivity contribution in [2.24, 2.45) is 0 Å². The minimum atomic E-state index is -1.83. The van der Waals surface area contributed by atoms with Crippen molar-refractivity contribution in [2.75, 3.05) is 0 Å². The molecule has 0 radical (unpaired) electrons. The summed E-state index contributed by atoms with van der Waals surface area (Å²) in [5.74, 6) is 0. The molecule has 0 atom stereocenters. The molecule has 0 spiro atoms. The van der Waals surface area contributed by atoms with Crippen LogP contribution in [0.5, 0.6) is 0 Å². The van der Waals surface area contributed by atoms with Gasteiger partial charge in [0.25, 0.3) is 0 Å². The molecule has 6 nitrogen and oxygen atoms in total. The fourth-order valence-corrected chi connectivity index (χ4v) is 0.634. The summed E-state index contributed by atoms with van der Waals surface area (Å²) in [6, 6.07) is 0. The molecular formula is C7H9CoO6. The Balaban J connectivity index is 0. The third kappa shape index (κ3) is 31.3. The predicted octanol–water partition coefficient (Wildman–Crippen LogP) is 1.82. The van der Waals surface area contributed by atoms with Gasteiger partial charge in [0.15, 0.2) is 0 Å². The number of hydrogen-bond donors (Lipinski definition) is 4. The van der Waals surface area contributed by atoms with E-state index in [2.05, 4.69) is 21.8 Å². The fraction of sp³-hybridized carbons (Fsp3) is 0.143. The fourth-order valence-electron chi connectivity index (χ4n) is 0.412. The molecule has 0 saturated heterocycles. The summed E-state index contributed by atoms with van der Waals surface area (Å²) >= 11 is 4.14. The summed E-state index contributed by atoms with van der Waals surface area (Å²) in [4.78, 5) is 17.1. The molecule has 0 aromatic heterocycles. The van der Waals surface area contributed by atoms with Gasteiger partial charge >= 0.3 is 57.2 Å². The van der Waals surface area contributed by atoms with Gasteiger partial charge < -0.3 is 20.4 Å². The van der Waals surface area contributed by atoms with Crippen LogP contribution in [0.15, 0.2) is 22.7 Å². The third-order valence-corrected chi connectivity index (χ3v) is 1.10. The van der Waals surface area contributed by atoms with E-state index in [1.54, 1.807) is 0 Å². The van der Waals surface area contributed by atoms with E-state index >= 15 is 0 Å². The van der Waals surface area contributed by atoms with Crippen molar-refractivity contribution >= 4 is 12.3 Å². The van der Waals surface area contributed by atoms with Crippen LogP contribution in [0.25, 0.3) is 0 Å². The number of rotatable bonds is 0. The second-order valence-electron chi connectivity index (χ2n) is 1.78. The van der Waals surface area contributed by atoms with E-state index in [1.165, 1.54) is 0 Å². The molecule has 0 fully saturated rings. The Hall–Kier alpha value is -1.47. The van der Waals surface area contributed by atoms with E-state index in [0.717, 1.165) is 10.9 Å². The molecule has 1 aliphatic carbocycles. The van der Waals surface area contributed by atoms with E-state index in [9.17, 15) is 0 Å². The maximum atomic E-state index is 8.56. The molecule has 82 valence electrons. The van der Waals surface area contributed by atoms with Gasteiger partial charge in [0, 0.05) is 0 Å². The van der Waals surface area contributed by atoms with Crippen LogP contribution < -0.4 is 0 Å². The van der Waals surface area contributed by atoms with Gasteiger partial charge in [0.1, 0.15) is 0 Å². The van der Waals surface area contributed by atoms with Gasteiger partial charge in [0.2, 0.25) is 0 Å². The molecule has 0 aromatic carbocycles. The van der Waals surface area contributed by atoms with Crippen LogP contribution in [0.2, 0.25) is 0 Å². The van der Waals surface area contributed by atoms with E-state index in [4.69, 9.17) is 30.0 Å². The molecule has 4 N–H and O–H groups in total. The normalized spacial score (nSPS) is 11.4. The summed E-state index contributed by atoms with van der Waals surface area (Å²) in [5, 5.41) is 27.9. The summed E-state index contributed by atoms with van der Waals surface area (Å²) in [5.41, 5.74) is 0. The molecule has 1 aliphatic rings. The average Bonchev–Trinajstić information content (AvgIpc) is 2.36. The van der Waals surface area contributed by atoms with Crippen LogP contribution in [0.1, 0.15) is 6.42 Å². The Labute approximate surface area is 87.8 Å². The van der Waals surface area contributed by atoms with Gasteiger partial charge in [-0.15, -0.1) is 0 Å². The number of hydrogen-bond acceptors (Lipinski definition) is 2. The summed E-state index contributed by atoms with van der Waals surface area (Å²) in [6.45, 7) is 0. The van der Waals surface area contributed by atoms with Gasteiger partial charge in [-0.2, -0.15) is 0 Å². The first-order valence-electron chi connectivity index (χ1n) is 3.19. The van der Waals surface area contributed by atoms with Crippen molar-refractivity contribution in [3.63, 3.8) is 0 Å². The second-order valence-corrected chi connectivity index (χ2v) is 2.45. The average molecular weight is 248 g/mol. The maximum absolute atomic E-state index is 8.56. The molecule has 14 heavy (non-hydrogen) atoms. The molecule has 0 saturated carbocycles. The van der Waals surface area contributed by atoms with Gasteiger partial charge in [0.05, 0.1) is 0 Å². The standard InChI is InChI=1S/C5H5.2CH2O3.Co/c1-2-4-5-3-1;2*2-1(3)4;/h1-3H,4H2;2*(H2,2,3,4);. The van der Waals surface area contributed by atoms with Crippen molar-refractivity contribution in [1.29, 1.82) is 0 Å². The van der Waals surface area contributed by atoms with Crippen LogP contribution in [-0.4, -0.2) is 32.7 Å². The third-order valence-electron chi connectivity index (χ3n) is 0.709. The topological polar surface area (TPSA) is 115 Å². The molecule has 7 heteroatoms. The molecular weight excluding hydrogens is 239 g/mol. The summed E-state index contributed by atoms with van der Waals surface area (Å²) < 4.78 is 1.16. The van der Waals surface area contributed by atoms with E-state index in [1.807, 2.05) is 12.2 Å². The minimum absolute atomic E-state index is 1.03. The first kappa shape index (κ1) is 15.0. The molecule has 0 heterocycles. The monoisotopic (exact) mass is 248 g/mol. The summed E-state index contributed by atoms with van der Waals surface area (Å²) in [7, 11) is 0. The molecule has 0 aliphatic heterocycles. The van der Waals surface area contributed by atoms with Crippen LogP contribution in [0, 0.1) is 0 Å². The number of allylic oxidation sites excluding steroid dienone is 4. The van der Waals surface area contributed by atoms with Crippen molar-refractivity contribution in [1.82, 2.24) is 0 Å². The zero-order chi connectivity index (χ0) is 11.6. The Morgan fingerprint density at radius 1 is 1.14 bits per heavy atom. The van der Waals surface area contributed by atoms with E-state index < -0.39 is 12.3 Å². The Bertz CT molecular complexity index is 225. The van der Waals surface area contributed by atoms with Crippen molar-refractivity contribution in [3.05, 3.63) is 22.7 Å². The molecule has 0 aromatic rings. The van der Waals surface area contributed by atoms with Crippen LogP contribution in [-0.2, 0) is 15.7 Å². The van der Waals surface area contributed by atoms with Gasteiger partial charge in [-0.25, -0.2) is 9.59 Å². The number of carboxylic acid groups (broad SMARTS) is 4. The van der Waals surface area contributed by atoms with Crippen molar-refractivity contribution in [3.8, 4) is 0 Å². The Kier molecular flexibility index (Phi) is 10.3. The quantitative estimate of drug-likeness (QED) is 0.519. The van der Waals surface area contributed by atoms with E-state index in [0.29, 0.717) is 0 Å². The molecule has 0 amide bonds. The van der Waals surface area contributed by atoms with Crippen LogP contribution in [0.4, 0.5) is 9.59 Å². The number of carbonyl (C=O) groups is 2. The SMILES string of the molecule is O=C(O)O.O=C(O)O.[Co][C]1=CC=CC1. The zero-order valence-electron chi connectivity index (χ0n) is 6.88. The second kappa shape index (κ2) is 9.61. The van der Waals surface area contributed by atoms with Gasteiger partial charge in [-0.1, -0.05) is 0 Å². The van der Waals surface area contributed by atoms with Gasteiger partial charge in [-0.3, -0.25) is 0 Å².